The van der Waals surface area contributed by atoms with Crippen LogP contribution in [0.25, 0.3) is 0 Å². The lowest BCUT2D eigenvalue weighted by atomic mass is 10.0. The minimum absolute atomic E-state index is 0.124. The Labute approximate surface area is 128 Å². The van der Waals surface area contributed by atoms with Gasteiger partial charge in [0.15, 0.2) is 0 Å². The molecule has 1 aromatic carbocycles. The summed E-state index contributed by atoms with van der Waals surface area (Å²) in [6.07, 6.45) is 0. The summed E-state index contributed by atoms with van der Waals surface area (Å²) in [6, 6.07) is 3.92. The van der Waals surface area contributed by atoms with Crippen LogP contribution in [0.2, 0.25) is 0 Å². The van der Waals surface area contributed by atoms with E-state index in [1.807, 2.05) is 19.1 Å². The smallest absolute Gasteiger partial charge is 0.292 e. The fourth-order valence-corrected chi connectivity index (χ4v) is 3.66. The molecule has 1 saturated heterocycles. The topological polar surface area (TPSA) is 38.8 Å². The molecule has 0 atom stereocenters. The molecule has 0 bridgehead atoms. The third kappa shape index (κ3) is 1.88. The van der Waals surface area contributed by atoms with E-state index < -0.39 is 5.79 Å². The van der Waals surface area contributed by atoms with E-state index in [0.717, 1.165) is 21.3 Å². The van der Waals surface area contributed by atoms with E-state index in [1.165, 1.54) is 0 Å². The van der Waals surface area contributed by atoms with Crippen molar-refractivity contribution in [2.45, 2.75) is 12.7 Å². The standard InChI is InChI=1S/C13H13Br2NO3/c1-8-6-9(15)7-10-11(8)16(3-2-14)12(17)13(10)18-4-5-19-13/h6-7H,2-5H2,1H3. The van der Waals surface area contributed by atoms with Gasteiger partial charge in [-0.1, -0.05) is 31.9 Å². The molecule has 0 unspecified atom stereocenters. The molecule has 4 nitrogen and oxygen atoms in total. The largest absolute Gasteiger partial charge is 0.336 e. The molecule has 102 valence electrons. The van der Waals surface area contributed by atoms with Gasteiger partial charge in [0.2, 0.25) is 0 Å². The van der Waals surface area contributed by atoms with Crippen LogP contribution in [0.15, 0.2) is 16.6 Å². The Morgan fingerprint density at radius 3 is 2.68 bits per heavy atom. The number of fused-ring (bicyclic) bond motifs is 2. The van der Waals surface area contributed by atoms with Gasteiger partial charge in [-0.2, -0.15) is 0 Å². The number of alkyl halides is 1. The molecule has 1 aromatic rings. The van der Waals surface area contributed by atoms with Crippen molar-refractivity contribution < 1.29 is 14.3 Å². The van der Waals surface area contributed by atoms with Crippen LogP contribution >= 0.6 is 31.9 Å². The summed E-state index contributed by atoms with van der Waals surface area (Å²) < 4.78 is 12.3. The molecule has 1 spiro atoms. The summed E-state index contributed by atoms with van der Waals surface area (Å²) in [4.78, 5) is 14.4. The number of anilines is 1. The first kappa shape index (κ1) is 13.5. The van der Waals surface area contributed by atoms with E-state index in [9.17, 15) is 4.79 Å². The number of ether oxygens (including phenoxy) is 2. The molecule has 3 rings (SSSR count). The van der Waals surface area contributed by atoms with E-state index in [-0.39, 0.29) is 5.91 Å². The molecule has 19 heavy (non-hydrogen) atoms. The summed E-state index contributed by atoms with van der Waals surface area (Å²) in [6.45, 7) is 3.48. The number of amides is 1. The van der Waals surface area contributed by atoms with Crippen LogP contribution in [0.4, 0.5) is 5.69 Å². The van der Waals surface area contributed by atoms with Crippen LogP contribution in [0, 0.1) is 6.92 Å². The van der Waals surface area contributed by atoms with Crippen molar-refractivity contribution in [3.63, 3.8) is 0 Å². The molecule has 2 aliphatic rings. The lowest BCUT2D eigenvalue weighted by Crippen LogP contribution is -2.42. The molecule has 2 aliphatic heterocycles. The van der Waals surface area contributed by atoms with E-state index in [1.54, 1.807) is 4.90 Å². The van der Waals surface area contributed by atoms with Crippen LogP contribution in [-0.2, 0) is 20.1 Å². The van der Waals surface area contributed by atoms with Crippen LogP contribution in [0.1, 0.15) is 11.1 Å². The number of hydrogen-bond donors (Lipinski definition) is 0. The average Bonchev–Trinajstić information content (AvgIpc) is 2.92. The summed E-state index contributed by atoms with van der Waals surface area (Å²) in [5.41, 5.74) is 2.76. The Morgan fingerprint density at radius 2 is 2.05 bits per heavy atom. The fraction of sp³-hybridized carbons (Fsp3) is 0.462. The molecule has 0 aromatic heterocycles. The molecule has 1 fully saturated rings. The zero-order valence-corrected chi connectivity index (χ0v) is 13.6. The van der Waals surface area contributed by atoms with Gasteiger partial charge in [0, 0.05) is 21.9 Å². The second-order valence-corrected chi connectivity index (χ2v) is 6.29. The van der Waals surface area contributed by atoms with Crippen LogP contribution in [0.3, 0.4) is 0 Å². The quantitative estimate of drug-likeness (QED) is 0.729. The fourth-order valence-electron chi connectivity index (χ4n) is 2.73. The third-order valence-corrected chi connectivity index (χ3v) is 4.23. The predicted octanol–water partition coefficient (Wildman–Crippen LogP) is 2.70. The highest BCUT2D eigenvalue weighted by molar-refractivity contribution is 9.10. The summed E-state index contributed by atoms with van der Waals surface area (Å²) in [5.74, 6) is -1.35. The van der Waals surface area contributed by atoms with Gasteiger partial charge in [0.25, 0.3) is 11.7 Å². The molecule has 0 N–H and O–H groups in total. The van der Waals surface area contributed by atoms with Gasteiger partial charge < -0.3 is 14.4 Å². The number of halogens is 2. The first-order valence-electron chi connectivity index (χ1n) is 6.06. The van der Waals surface area contributed by atoms with Crippen molar-refractivity contribution in [1.82, 2.24) is 0 Å². The van der Waals surface area contributed by atoms with Gasteiger partial charge in [0.1, 0.15) is 0 Å². The second kappa shape index (κ2) is 4.84. The van der Waals surface area contributed by atoms with Crippen molar-refractivity contribution >= 4 is 43.5 Å². The van der Waals surface area contributed by atoms with Crippen LogP contribution in [0.5, 0.6) is 0 Å². The molecule has 0 aliphatic carbocycles. The van der Waals surface area contributed by atoms with Crippen molar-refractivity contribution in [3.05, 3.63) is 27.7 Å². The van der Waals surface area contributed by atoms with Gasteiger partial charge in [-0.25, -0.2) is 0 Å². The van der Waals surface area contributed by atoms with E-state index in [4.69, 9.17) is 9.47 Å². The lowest BCUT2D eigenvalue weighted by Gasteiger charge is -2.21. The van der Waals surface area contributed by atoms with Gasteiger partial charge in [-0.3, -0.25) is 4.79 Å². The zero-order chi connectivity index (χ0) is 13.6. The summed E-state index contributed by atoms with van der Waals surface area (Å²) in [5, 5.41) is 0.712. The molecule has 0 saturated carbocycles. The Kier molecular flexibility index (Phi) is 3.45. The highest BCUT2D eigenvalue weighted by Crippen LogP contribution is 2.48. The Balaban J connectivity index is 2.21. The highest BCUT2D eigenvalue weighted by Gasteiger charge is 2.56. The van der Waals surface area contributed by atoms with E-state index in [0.29, 0.717) is 25.1 Å². The monoisotopic (exact) mass is 389 g/mol. The maximum atomic E-state index is 12.7. The average molecular weight is 391 g/mol. The second-order valence-electron chi connectivity index (χ2n) is 4.58. The highest BCUT2D eigenvalue weighted by atomic mass is 79.9. The maximum Gasteiger partial charge on any atom is 0.292 e. The number of hydrogen-bond acceptors (Lipinski definition) is 3. The Morgan fingerprint density at radius 1 is 1.37 bits per heavy atom. The first-order chi connectivity index (χ1) is 9.10. The third-order valence-electron chi connectivity index (χ3n) is 3.42. The first-order valence-corrected chi connectivity index (χ1v) is 7.98. The van der Waals surface area contributed by atoms with Gasteiger partial charge in [0.05, 0.1) is 18.9 Å². The van der Waals surface area contributed by atoms with E-state index in [2.05, 4.69) is 31.9 Å². The Hall–Kier alpha value is -0.430. The normalized spacial score (nSPS) is 20.4. The predicted molar refractivity (Wildman–Crippen MR) is 78.6 cm³/mol. The maximum absolute atomic E-state index is 12.7. The number of carbonyl (C=O) groups is 1. The molecular weight excluding hydrogens is 378 g/mol. The number of nitrogens with zero attached hydrogens (tertiary/aromatic N) is 1. The zero-order valence-electron chi connectivity index (χ0n) is 10.4. The summed E-state index contributed by atoms with van der Waals surface area (Å²) >= 11 is 6.86. The van der Waals surface area contributed by atoms with Crippen LogP contribution in [-0.4, -0.2) is 31.0 Å². The van der Waals surface area contributed by atoms with Crippen molar-refractivity contribution in [1.29, 1.82) is 0 Å². The van der Waals surface area contributed by atoms with Crippen molar-refractivity contribution in [3.8, 4) is 0 Å². The van der Waals surface area contributed by atoms with Gasteiger partial charge >= 0.3 is 0 Å². The van der Waals surface area contributed by atoms with E-state index >= 15 is 0 Å². The minimum atomic E-state index is -1.23. The number of benzene rings is 1. The van der Waals surface area contributed by atoms with Crippen molar-refractivity contribution in [2.24, 2.45) is 0 Å². The lowest BCUT2D eigenvalue weighted by molar-refractivity contribution is -0.180. The molecule has 1 amide bonds. The molecule has 2 heterocycles. The minimum Gasteiger partial charge on any atom is -0.336 e. The van der Waals surface area contributed by atoms with Crippen molar-refractivity contribution in [2.75, 3.05) is 30.0 Å². The molecular formula is C13H13Br2NO3. The number of rotatable bonds is 2. The molecule has 6 heteroatoms. The molecule has 0 radical (unpaired) electrons. The summed E-state index contributed by atoms with van der Waals surface area (Å²) in [7, 11) is 0. The van der Waals surface area contributed by atoms with Crippen LogP contribution < -0.4 is 4.90 Å². The SMILES string of the molecule is Cc1cc(Br)cc2c1N(CCBr)C(=O)C21OCCO1. The van der Waals surface area contributed by atoms with Gasteiger partial charge in [-0.15, -0.1) is 0 Å². The number of carbonyl (C=O) groups excluding carboxylic acids is 1. The Bertz CT molecular complexity index is 541. The number of aryl methyl sites for hydroxylation is 1. The van der Waals surface area contributed by atoms with Gasteiger partial charge in [-0.05, 0) is 24.6 Å².